The lowest BCUT2D eigenvalue weighted by Crippen LogP contribution is -2.41. The zero-order valence-corrected chi connectivity index (χ0v) is 18.4. The average Bonchev–Trinajstić information content (AvgIpc) is 2.68. The van der Waals surface area contributed by atoms with Gasteiger partial charge in [0.15, 0.2) is 0 Å². The predicted octanol–water partition coefficient (Wildman–Crippen LogP) is 4.26. The van der Waals surface area contributed by atoms with Gasteiger partial charge < -0.3 is 4.74 Å². The number of hydrogen-bond donors (Lipinski definition) is 1. The maximum atomic E-state index is 12.7. The maximum absolute atomic E-state index is 12.7. The molecule has 0 spiro atoms. The van der Waals surface area contributed by atoms with Gasteiger partial charge >= 0.3 is 10.2 Å². The largest absolute Gasteiger partial charge is 0.488 e. The van der Waals surface area contributed by atoms with Crippen molar-refractivity contribution < 1.29 is 17.9 Å². The number of rotatable bonds is 10. The minimum absolute atomic E-state index is 0.194. The van der Waals surface area contributed by atoms with Gasteiger partial charge in [-0.2, -0.15) is 8.42 Å². The summed E-state index contributed by atoms with van der Waals surface area (Å²) in [4.78, 5) is 12.0. The summed E-state index contributed by atoms with van der Waals surface area (Å²) in [5.41, 5.74) is 3.10. The quantitative estimate of drug-likeness (QED) is 0.585. The van der Waals surface area contributed by atoms with Crippen molar-refractivity contribution in [2.24, 2.45) is 0 Å². The topological polar surface area (TPSA) is 75.7 Å². The molecule has 6 nitrogen and oxygen atoms in total. The lowest BCUT2D eigenvalue weighted by molar-refractivity contribution is -0.119. The summed E-state index contributed by atoms with van der Waals surface area (Å²) in [5, 5.41) is 0. The standard InChI is InChI=1S/C22H30N2O4S/c1-5-6-8-13-21(25)23-29(26,27)24(4)20-15-14-17(2)22(18(20)3)28-16-19-11-9-7-10-12-19/h7,9-12,14-15H,5-6,8,13,16H2,1-4H3,(H,23,25). The van der Waals surface area contributed by atoms with E-state index in [2.05, 4.69) is 4.72 Å². The second kappa shape index (κ2) is 10.3. The van der Waals surface area contributed by atoms with Crippen molar-refractivity contribution in [3.05, 3.63) is 59.2 Å². The number of nitrogens with one attached hydrogen (secondary N) is 1. The van der Waals surface area contributed by atoms with Crippen LogP contribution in [0.25, 0.3) is 0 Å². The number of amides is 1. The highest BCUT2D eigenvalue weighted by Crippen LogP contribution is 2.33. The number of anilines is 1. The van der Waals surface area contributed by atoms with Gasteiger partial charge in [-0.05, 0) is 37.5 Å². The number of nitrogens with zero attached hydrogens (tertiary/aromatic N) is 1. The van der Waals surface area contributed by atoms with Crippen molar-refractivity contribution in [1.29, 1.82) is 0 Å². The van der Waals surface area contributed by atoms with E-state index in [1.165, 1.54) is 7.05 Å². The highest BCUT2D eigenvalue weighted by atomic mass is 32.2. The molecule has 0 saturated heterocycles. The van der Waals surface area contributed by atoms with Crippen LogP contribution in [-0.4, -0.2) is 21.4 Å². The molecule has 0 aliphatic rings. The van der Waals surface area contributed by atoms with Crippen molar-refractivity contribution in [2.75, 3.05) is 11.4 Å². The second-order valence-corrected chi connectivity index (χ2v) is 8.79. The summed E-state index contributed by atoms with van der Waals surface area (Å²) in [6.45, 7) is 6.15. The van der Waals surface area contributed by atoms with Gasteiger partial charge in [-0.3, -0.25) is 9.10 Å². The minimum Gasteiger partial charge on any atom is -0.488 e. The zero-order valence-electron chi connectivity index (χ0n) is 17.6. The first-order chi connectivity index (χ1) is 13.8. The number of carbonyl (C=O) groups excluding carboxylic acids is 1. The molecular formula is C22H30N2O4S. The molecule has 0 heterocycles. The Bertz CT molecular complexity index is 927. The Morgan fingerprint density at radius 2 is 1.76 bits per heavy atom. The lowest BCUT2D eigenvalue weighted by atomic mass is 10.1. The summed E-state index contributed by atoms with van der Waals surface area (Å²) >= 11 is 0. The van der Waals surface area contributed by atoms with Crippen LogP contribution in [-0.2, 0) is 21.6 Å². The van der Waals surface area contributed by atoms with Crippen molar-refractivity contribution in [3.8, 4) is 5.75 Å². The Morgan fingerprint density at radius 3 is 2.41 bits per heavy atom. The van der Waals surface area contributed by atoms with E-state index in [0.29, 0.717) is 30.0 Å². The van der Waals surface area contributed by atoms with Gasteiger partial charge in [-0.1, -0.05) is 56.2 Å². The molecule has 0 aromatic heterocycles. The number of carbonyl (C=O) groups is 1. The molecule has 29 heavy (non-hydrogen) atoms. The van der Waals surface area contributed by atoms with Gasteiger partial charge in [-0.15, -0.1) is 0 Å². The number of benzene rings is 2. The van der Waals surface area contributed by atoms with Crippen molar-refractivity contribution in [2.45, 2.75) is 53.1 Å². The number of aryl methyl sites for hydroxylation is 1. The minimum atomic E-state index is -3.99. The molecule has 158 valence electrons. The summed E-state index contributed by atoms with van der Waals surface area (Å²) in [6.07, 6.45) is 2.72. The average molecular weight is 419 g/mol. The normalized spacial score (nSPS) is 11.2. The Hall–Kier alpha value is -2.54. The monoisotopic (exact) mass is 418 g/mol. The number of unbranched alkanes of at least 4 members (excludes halogenated alkanes) is 2. The van der Waals surface area contributed by atoms with Crippen molar-refractivity contribution in [1.82, 2.24) is 4.72 Å². The Balaban J connectivity index is 2.17. The van der Waals surface area contributed by atoms with Gasteiger partial charge in [-0.25, -0.2) is 4.72 Å². The van der Waals surface area contributed by atoms with Crippen LogP contribution in [0.15, 0.2) is 42.5 Å². The second-order valence-electron chi connectivity index (χ2n) is 7.08. The predicted molar refractivity (Wildman–Crippen MR) is 116 cm³/mol. The summed E-state index contributed by atoms with van der Waals surface area (Å²) in [7, 11) is -2.56. The third-order valence-electron chi connectivity index (χ3n) is 4.75. The molecule has 1 N–H and O–H groups in total. The Morgan fingerprint density at radius 1 is 1.07 bits per heavy atom. The number of hydrogen-bond acceptors (Lipinski definition) is 4. The van der Waals surface area contributed by atoms with E-state index in [-0.39, 0.29) is 6.42 Å². The van der Waals surface area contributed by atoms with E-state index in [0.717, 1.165) is 28.3 Å². The summed E-state index contributed by atoms with van der Waals surface area (Å²) in [6, 6.07) is 13.3. The highest BCUT2D eigenvalue weighted by Gasteiger charge is 2.24. The third-order valence-corrected chi connectivity index (χ3v) is 6.15. The molecule has 0 radical (unpaired) electrons. The lowest BCUT2D eigenvalue weighted by Gasteiger charge is -2.24. The van der Waals surface area contributed by atoms with Crippen LogP contribution >= 0.6 is 0 Å². The fourth-order valence-electron chi connectivity index (χ4n) is 3.04. The van der Waals surface area contributed by atoms with Crippen molar-refractivity contribution in [3.63, 3.8) is 0 Å². The molecule has 7 heteroatoms. The molecule has 0 bridgehead atoms. The first-order valence-electron chi connectivity index (χ1n) is 9.82. The first kappa shape index (κ1) is 22.7. The van der Waals surface area contributed by atoms with Crippen LogP contribution in [0.4, 0.5) is 5.69 Å². The zero-order chi connectivity index (χ0) is 21.4. The van der Waals surface area contributed by atoms with Crippen molar-refractivity contribution >= 4 is 21.8 Å². The maximum Gasteiger partial charge on any atom is 0.325 e. The van der Waals surface area contributed by atoms with Gasteiger partial charge in [0, 0.05) is 19.0 Å². The van der Waals surface area contributed by atoms with Gasteiger partial charge in [0.05, 0.1) is 5.69 Å². The molecule has 0 atom stereocenters. The summed E-state index contributed by atoms with van der Waals surface area (Å²) < 4.78 is 34.5. The molecule has 2 rings (SSSR count). The fourth-order valence-corrected chi connectivity index (χ4v) is 4.02. The van der Waals surface area contributed by atoms with Crippen LogP contribution in [0.2, 0.25) is 0 Å². The van der Waals surface area contributed by atoms with Gasteiger partial charge in [0.1, 0.15) is 12.4 Å². The van der Waals surface area contributed by atoms with E-state index >= 15 is 0 Å². The Kier molecular flexibility index (Phi) is 8.08. The van der Waals surface area contributed by atoms with E-state index in [1.807, 2.05) is 57.2 Å². The number of ether oxygens (including phenoxy) is 1. The van der Waals surface area contributed by atoms with Gasteiger partial charge in [0.25, 0.3) is 0 Å². The molecule has 0 aliphatic heterocycles. The van der Waals surface area contributed by atoms with Crippen LogP contribution in [0.5, 0.6) is 5.75 Å². The first-order valence-corrected chi connectivity index (χ1v) is 11.3. The molecule has 1 amide bonds. The molecule has 0 saturated carbocycles. The fraction of sp³-hybridized carbons (Fsp3) is 0.409. The SMILES string of the molecule is CCCCCC(=O)NS(=O)(=O)N(C)c1ccc(C)c(OCc2ccccc2)c1C. The molecule has 2 aromatic carbocycles. The Labute approximate surface area is 174 Å². The van der Waals surface area contributed by atoms with E-state index in [9.17, 15) is 13.2 Å². The van der Waals surface area contributed by atoms with Crippen LogP contribution < -0.4 is 13.8 Å². The smallest absolute Gasteiger partial charge is 0.325 e. The molecule has 0 unspecified atom stereocenters. The molecule has 0 aliphatic carbocycles. The van der Waals surface area contributed by atoms with Crippen LogP contribution in [0.1, 0.15) is 49.3 Å². The van der Waals surface area contributed by atoms with E-state index in [1.54, 1.807) is 6.07 Å². The van der Waals surface area contributed by atoms with E-state index in [4.69, 9.17) is 4.74 Å². The highest BCUT2D eigenvalue weighted by molar-refractivity contribution is 7.91. The molecular weight excluding hydrogens is 388 g/mol. The third kappa shape index (κ3) is 6.22. The molecule has 2 aromatic rings. The van der Waals surface area contributed by atoms with E-state index < -0.39 is 16.1 Å². The van der Waals surface area contributed by atoms with Crippen LogP contribution in [0.3, 0.4) is 0 Å². The van der Waals surface area contributed by atoms with Gasteiger partial charge in [0.2, 0.25) is 5.91 Å². The van der Waals surface area contributed by atoms with Crippen LogP contribution in [0, 0.1) is 13.8 Å². The molecule has 0 fully saturated rings. The summed E-state index contributed by atoms with van der Waals surface area (Å²) in [5.74, 6) is 0.151.